The number of rotatable bonds is 16. The van der Waals surface area contributed by atoms with E-state index in [4.69, 9.17) is 12.0 Å². The van der Waals surface area contributed by atoms with E-state index in [0.29, 0.717) is 6.42 Å². The van der Waals surface area contributed by atoms with Crippen LogP contribution in [0.15, 0.2) is 0 Å². The van der Waals surface area contributed by atoms with Crippen LogP contribution in [0.5, 0.6) is 0 Å². The molecule has 0 fully saturated rings. The molecule has 1 unspecified atom stereocenters. The first-order valence-electron chi connectivity index (χ1n) is 10.9. The smallest absolute Gasteiger partial charge is 0.303 e. The number of hydrogen-bond acceptors (Lipinski definition) is 1. The van der Waals surface area contributed by atoms with E-state index in [-0.39, 0.29) is 6.42 Å². The fraction of sp³-hybridized carbons (Fsp3) is 0.944. The summed E-state index contributed by atoms with van der Waals surface area (Å²) < 4.78 is 37.8. The Bertz CT molecular complexity index is 361. The van der Waals surface area contributed by atoms with E-state index in [0.717, 1.165) is 19.3 Å². The number of carbonyl (C=O) groups is 1. The highest BCUT2D eigenvalue weighted by Gasteiger charge is 1.97. The molecule has 0 aliphatic rings. The SMILES string of the molecule is [2H]C(CCCCCCCCCCCCCC)C([2H])([2H])C([2H])([2H])C(=O)O. The molecular weight excluding hydrogens is 248 g/mol. The van der Waals surface area contributed by atoms with Crippen LogP contribution in [-0.2, 0) is 4.79 Å². The zero-order valence-electron chi connectivity index (χ0n) is 18.1. The maximum atomic E-state index is 10.8. The summed E-state index contributed by atoms with van der Waals surface area (Å²) in [4.78, 5) is 10.8. The van der Waals surface area contributed by atoms with Gasteiger partial charge in [0.15, 0.2) is 0 Å². The van der Waals surface area contributed by atoms with Crippen molar-refractivity contribution < 1.29 is 16.8 Å². The van der Waals surface area contributed by atoms with Crippen molar-refractivity contribution >= 4 is 5.97 Å². The maximum Gasteiger partial charge on any atom is 0.303 e. The second-order valence-electron chi connectivity index (χ2n) is 5.46. The van der Waals surface area contributed by atoms with Crippen molar-refractivity contribution in [2.75, 3.05) is 0 Å². The molecule has 0 amide bonds. The molecule has 0 heterocycles. The Balaban J connectivity index is 3.70. The zero-order valence-corrected chi connectivity index (χ0v) is 13.1. The van der Waals surface area contributed by atoms with E-state index in [1.807, 2.05) is 0 Å². The minimum atomic E-state index is -3.03. The summed E-state index contributed by atoms with van der Waals surface area (Å²) in [6.45, 7) is 2.22. The van der Waals surface area contributed by atoms with E-state index >= 15 is 0 Å². The van der Waals surface area contributed by atoms with Crippen molar-refractivity contribution in [3.8, 4) is 0 Å². The third kappa shape index (κ3) is 17.5. The average molecular weight is 290 g/mol. The van der Waals surface area contributed by atoms with Gasteiger partial charge in [0, 0.05) is 13.2 Å². The van der Waals surface area contributed by atoms with Gasteiger partial charge < -0.3 is 5.11 Å². The summed E-state index contributed by atoms with van der Waals surface area (Å²) in [5.41, 5.74) is 0. The molecule has 2 nitrogen and oxygen atoms in total. The number of hydrogen-bond donors (Lipinski definition) is 1. The Morgan fingerprint density at radius 2 is 1.20 bits per heavy atom. The molecule has 0 aliphatic carbocycles. The molecule has 0 aromatic carbocycles. The number of carboxylic acid groups (broad SMARTS) is 1. The highest BCUT2D eigenvalue weighted by molar-refractivity contribution is 5.66. The van der Waals surface area contributed by atoms with Crippen LogP contribution >= 0.6 is 0 Å². The van der Waals surface area contributed by atoms with Crippen LogP contribution in [-0.4, -0.2) is 11.1 Å². The van der Waals surface area contributed by atoms with E-state index in [9.17, 15) is 4.79 Å². The molecule has 0 saturated carbocycles. The third-order valence-electron chi connectivity index (χ3n) is 3.48. The van der Waals surface area contributed by atoms with Crippen LogP contribution in [0.4, 0.5) is 0 Å². The van der Waals surface area contributed by atoms with Gasteiger partial charge in [0.2, 0.25) is 0 Å². The first-order valence-corrected chi connectivity index (χ1v) is 8.33. The van der Waals surface area contributed by atoms with Gasteiger partial charge >= 0.3 is 5.97 Å². The molecular formula is C18H36O2. The lowest BCUT2D eigenvalue weighted by Crippen LogP contribution is -1.93. The van der Waals surface area contributed by atoms with Gasteiger partial charge in [0.05, 0.1) is 0 Å². The predicted molar refractivity (Wildman–Crippen MR) is 87.2 cm³/mol. The standard InChI is InChI=1S/C18H36O2/c1-2-3-4-5-6-7-8-9-10-11-12-13-14-15-16-17-18(19)20/h2-17H2,1H3,(H,19,20)/i15D,16D2,17D2. The summed E-state index contributed by atoms with van der Waals surface area (Å²) in [7, 11) is 0. The zero-order chi connectivity index (χ0) is 19.3. The number of carboxylic acids is 1. The Hall–Kier alpha value is -0.530. The van der Waals surface area contributed by atoms with Crippen LogP contribution in [0.2, 0.25) is 0 Å². The molecule has 0 spiro atoms. The van der Waals surface area contributed by atoms with Crippen LogP contribution in [0.1, 0.15) is 116 Å². The Morgan fingerprint density at radius 3 is 1.60 bits per heavy atom. The molecule has 0 radical (unpaired) electrons. The summed E-state index contributed by atoms with van der Waals surface area (Å²) >= 11 is 0. The second-order valence-corrected chi connectivity index (χ2v) is 5.46. The van der Waals surface area contributed by atoms with Crippen molar-refractivity contribution in [1.82, 2.24) is 0 Å². The van der Waals surface area contributed by atoms with Crippen molar-refractivity contribution in [2.24, 2.45) is 0 Å². The quantitative estimate of drug-likeness (QED) is 0.337. The summed E-state index contributed by atoms with van der Waals surface area (Å²) in [5, 5.41) is 8.80. The lowest BCUT2D eigenvalue weighted by Gasteiger charge is -2.03. The maximum absolute atomic E-state index is 10.8. The van der Waals surface area contributed by atoms with Crippen LogP contribution < -0.4 is 0 Å². The largest absolute Gasteiger partial charge is 0.481 e. The Kier molecular flexibility index (Phi) is 9.96. The molecule has 0 aromatic heterocycles. The van der Waals surface area contributed by atoms with E-state index in [1.54, 1.807) is 0 Å². The van der Waals surface area contributed by atoms with Crippen LogP contribution in [0, 0.1) is 0 Å². The van der Waals surface area contributed by atoms with E-state index in [1.165, 1.54) is 51.4 Å². The molecule has 0 aliphatic heterocycles. The Morgan fingerprint density at radius 1 is 0.800 bits per heavy atom. The Labute approximate surface area is 133 Å². The van der Waals surface area contributed by atoms with Gasteiger partial charge in [-0.15, -0.1) is 0 Å². The molecule has 2 heteroatoms. The fourth-order valence-corrected chi connectivity index (χ4v) is 2.27. The van der Waals surface area contributed by atoms with Gasteiger partial charge in [-0.3, -0.25) is 4.79 Å². The number of unbranched alkanes of at least 4 members (excludes halogenated alkanes) is 11. The van der Waals surface area contributed by atoms with Crippen molar-refractivity contribution in [3.63, 3.8) is 0 Å². The second kappa shape index (κ2) is 16.5. The van der Waals surface area contributed by atoms with Gasteiger partial charge in [-0.05, 0) is 6.37 Å². The predicted octanol–water partition coefficient (Wildman–Crippen LogP) is 6.33. The highest BCUT2D eigenvalue weighted by Crippen LogP contribution is 2.13. The molecule has 20 heavy (non-hydrogen) atoms. The van der Waals surface area contributed by atoms with Crippen LogP contribution in [0.25, 0.3) is 0 Å². The molecule has 1 N–H and O–H groups in total. The lowest BCUT2D eigenvalue weighted by molar-refractivity contribution is -0.137. The monoisotopic (exact) mass is 289 g/mol. The molecule has 0 aromatic rings. The van der Waals surface area contributed by atoms with Crippen molar-refractivity contribution in [1.29, 1.82) is 0 Å². The molecule has 1 atom stereocenters. The summed E-state index contributed by atoms with van der Waals surface area (Å²) in [6.07, 6.45) is 7.20. The average Bonchev–Trinajstić information content (AvgIpc) is 2.55. The summed E-state index contributed by atoms with van der Waals surface area (Å²) in [5.74, 6) is -1.84. The topological polar surface area (TPSA) is 37.3 Å². The van der Waals surface area contributed by atoms with Gasteiger partial charge in [0.1, 0.15) is 0 Å². The van der Waals surface area contributed by atoms with Gasteiger partial charge in [-0.1, -0.05) is 96.8 Å². The molecule has 120 valence electrons. The van der Waals surface area contributed by atoms with Gasteiger partial charge in [-0.2, -0.15) is 0 Å². The number of aliphatic carboxylic acids is 1. The minimum Gasteiger partial charge on any atom is -0.481 e. The van der Waals surface area contributed by atoms with Crippen molar-refractivity contribution in [2.45, 2.75) is 110 Å². The van der Waals surface area contributed by atoms with Crippen molar-refractivity contribution in [3.05, 3.63) is 0 Å². The normalized spacial score (nSPS) is 17.6. The third-order valence-corrected chi connectivity index (χ3v) is 3.48. The molecule has 0 rings (SSSR count). The minimum absolute atomic E-state index is 0.192. The first kappa shape index (κ1) is 12.1. The fourth-order valence-electron chi connectivity index (χ4n) is 2.27. The van der Waals surface area contributed by atoms with E-state index < -0.39 is 25.1 Å². The molecule has 0 bridgehead atoms. The van der Waals surface area contributed by atoms with Crippen LogP contribution in [0.3, 0.4) is 0 Å². The lowest BCUT2D eigenvalue weighted by atomic mass is 10.0. The highest BCUT2D eigenvalue weighted by atomic mass is 16.4. The van der Waals surface area contributed by atoms with Gasteiger partial charge in [-0.25, -0.2) is 0 Å². The van der Waals surface area contributed by atoms with E-state index in [2.05, 4.69) is 6.92 Å². The first-order chi connectivity index (χ1) is 11.7. The summed E-state index contributed by atoms with van der Waals surface area (Å²) in [6, 6.07) is 0. The molecule has 0 saturated heterocycles. The van der Waals surface area contributed by atoms with Gasteiger partial charge in [0.25, 0.3) is 0 Å².